The molecule has 0 spiro atoms. The maximum absolute atomic E-state index is 11.1. The maximum atomic E-state index is 11.1. The first-order valence-electron chi connectivity index (χ1n) is 5.50. The molecule has 15 heavy (non-hydrogen) atoms. The third kappa shape index (κ3) is 3.09. The lowest BCUT2D eigenvalue weighted by atomic mass is 9.83. The highest BCUT2D eigenvalue weighted by Gasteiger charge is 2.36. The number of aliphatic hydroxyl groups excluding tert-OH is 1. The Hall–Kier alpha value is -0.770. The molecule has 0 aromatic heterocycles. The lowest BCUT2D eigenvalue weighted by Crippen LogP contribution is -2.47. The van der Waals surface area contributed by atoms with Crippen molar-refractivity contribution in [2.24, 2.45) is 5.41 Å². The Bertz CT molecular complexity index is 234. The van der Waals surface area contributed by atoms with Gasteiger partial charge in [-0.05, 0) is 24.7 Å². The van der Waals surface area contributed by atoms with E-state index in [1.54, 1.807) is 0 Å². The monoisotopic (exact) mass is 215 g/mol. The van der Waals surface area contributed by atoms with Crippen LogP contribution in [-0.4, -0.2) is 39.9 Å². The predicted octanol–water partition coefficient (Wildman–Crippen LogP) is 1.93. The molecule has 0 bridgehead atoms. The van der Waals surface area contributed by atoms with E-state index in [9.17, 15) is 9.90 Å². The van der Waals surface area contributed by atoms with Gasteiger partial charge in [0, 0.05) is 12.6 Å². The van der Waals surface area contributed by atoms with Gasteiger partial charge >= 0.3 is 6.09 Å². The van der Waals surface area contributed by atoms with Crippen LogP contribution in [0.1, 0.15) is 40.0 Å². The summed E-state index contributed by atoms with van der Waals surface area (Å²) in [5.74, 6) is 0. The smallest absolute Gasteiger partial charge is 0.407 e. The minimum Gasteiger partial charge on any atom is -0.465 e. The lowest BCUT2D eigenvalue weighted by molar-refractivity contribution is 0.0620. The summed E-state index contributed by atoms with van der Waals surface area (Å²) in [5, 5.41) is 18.8. The molecule has 1 rings (SSSR count). The van der Waals surface area contributed by atoms with Crippen LogP contribution in [-0.2, 0) is 0 Å². The molecule has 0 aliphatic carbocycles. The molecule has 88 valence electrons. The van der Waals surface area contributed by atoms with Crippen LogP contribution in [0, 0.1) is 5.41 Å². The van der Waals surface area contributed by atoms with E-state index in [2.05, 4.69) is 0 Å². The Balaban J connectivity index is 2.86. The zero-order valence-electron chi connectivity index (χ0n) is 9.73. The first-order valence-corrected chi connectivity index (χ1v) is 5.50. The number of likely N-dealkylation sites (tertiary alicyclic amines) is 1. The van der Waals surface area contributed by atoms with Gasteiger partial charge in [0.2, 0.25) is 0 Å². The van der Waals surface area contributed by atoms with E-state index in [1.807, 2.05) is 20.8 Å². The summed E-state index contributed by atoms with van der Waals surface area (Å²) in [5.41, 5.74) is -0.121. The lowest BCUT2D eigenvalue weighted by Gasteiger charge is -2.37. The van der Waals surface area contributed by atoms with Crippen molar-refractivity contribution in [1.29, 1.82) is 0 Å². The Labute approximate surface area is 90.9 Å². The normalized spacial score (nSPS) is 28.7. The number of hydrogen-bond acceptors (Lipinski definition) is 2. The van der Waals surface area contributed by atoms with Crippen molar-refractivity contribution < 1.29 is 15.0 Å². The largest absolute Gasteiger partial charge is 0.465 e. The summed E-state index contributed by atoms with van der Waals surface area (Å²) in [6.45, 7) is 6.59. The third-order valence-electron chi connectivity index (χ3n) is 3.05. The third-order valence-corrected chi connectivity index (χ3v) is 3.05. The molecule has 1 fully saturated rings. The number of nitrogens with zero attached hydrogens (tertiary/aromatic N) is 1. The van der Waals surface area contributed by atoms with Crippen LogP contribution in [0.5, 0.6) is 0 Å². The van der Waals surface area contributed by atoms with E-state index >= 15 is 0 Å². The first-order chi connectivity index (χ1) is 6.82. The van der Waals surface area contributed by atoms with Gasteiger partial charge in [-0.25, -0.2) is 4.79 Å². The fourth-order valence-electron chi connectivity index (χ4n) is 2.21. The Morgan fingerprint density at radius 2 is 2.00 bits per heavy atom. The van der Waals surface area contributed by atoms with Gasteiger partial charge in [-0.2, -0.15) is 0 Å². The standard InChI is InChI=1S/C11H21NO3/c1-11(2,3)9-7-8(13)5-4-6-12(9)10(14)15/h8-9,13H,4-7H2,1-3H3,(H,14,15). The van der Waals surface area contributed by atoms with Gasteiger partial charge < -0.3 is 15.1 Å². The van der Waals surface area contributed by atoms with Crippen LogP contribution in [0.4, 0.5) is 4.79 Å². The van der Waals surface area contributed by atoms with Crippen molar-refractivity contribution in [2.45, 2.75) is 52.2 Å². The van der Waals surface area contributed by atoms with Crippen LogP contribution < -0.4 is 0 Å². The summed E-state index contributed by atoms with van der Waals surface area (Å²) in [6, 6.07) is -0.0903. The van der Waals surface area contributed by atoms with Crippen molar-refractivity contribution in [3.05, 3.63) is 0 Å². The van der Waals surface area contributed by atoms with Crippen LogP contribution in [0.2, 0.25) is 0 Å². The van der Waals surface area contributed by atoms with Gasteiger partial charge in [-0.15, -0.1) is 0 Å². The number of carboxylic acid groups (broad SMARTS) is 1. The number of hydrogen-bond donors (Lipinski definition) is 2. The van der Waals surface area contributed by atoms with Gasteiger partial charge in [-0.1, -0.05) is 20.8 Å². The molecule has 2 atom stereocenters. The van der Waals surface area contributed by atoms with Crippen LogP contribution >= 0.6 is 0 Å². The molecule has 4 heteroatoms. The number of rotatable bonds is 0. The molecule has 2 unspecified atom stereocenters. The molecule has 0 aromatic carbocycles. The molecule has 1 aliphatic rings. The molecule has 1 heterocycles. The second-order valence-electron chi connectivity index (χ2n) is 5.39. The molecule has 4 nitrogen and oxygen atoms in total. The van der Waals surface area contributed by atoms with Crippen LogP contribution in [0.25, 0.3) is 0 Å². The molecule has 1 amide bonds. The van der Waals surface area contributed by atoms with Gasteiger partial charge in [0.1, 0.15) is 0 Å². The highest BCUT2D eigenvalue weighted by molar-refractivity contribution is 5.65. The molecule has 0 saturated carbocycles. The zero-order chi connectivity index (χ0) is 11.6. The van der Waals surface area contributed by atoms with Crippen molar-refractivity contribution in [3.63, 3.8) is 0 Å². The van der Waals surface area contributed by atoms with Gasteiger partial charge in [0.05, 0.1) is 6.10 Å². The number of carbonyl (C=O) groups is 1. The molecule has 1 saturated heterocycles. The van der Waals surface area contributed by atoms with Crippen LogP contribution in [0.15, 0.2) is 0 Å². The average molecular weight is 215 g/mol. The highest BCUT2D eigenvalue weighted by Crippen LogP contribution is 2.31. The SMILES string of the molecule is CC(C)(C)C1CC(O)CCCN1C(=O)O. The van der Waals surface area contributed by atoms with E-state index in [-0.39, 0.29) is 17.6 Å². The van der Waals surface area contributed by atoms with E-state index in [0.717, 1.165) is 6.42 Å². The van der Waals surface area contributed by atoms with Crippen molar-refractivity contribution >= 4 is 6.09 Å². The quantitative estimate of drug-likeness (QED) is 0.649. The molecular weight excluding hydrogens is 194 g/mol. The average Bonchev–Trinajstić information content (AvgIpc) is 2.25. The van der Waals surface area contributed by atoms with Crippen molar-refractivity contribution in [2.75, 3.05) is 6.54 Å². The maximum Gasteiger partial charge on any atom is 0.407 e. The molecule has 2 N–H and O–H groups in total. The molecule has 1 aliphatic heterocycles. The minimum absolute atomic E-state index is 0.0903. The van der Waals surface area contributed by atoms with E-state index in [0.29, 0.717) is 19.4 Å². The fraction of sp³-hybridized carbons (Fsp3) is 0.909. The Morgan fingerprint density at radius 3 is 2.47 bits per heavy atom. The van der Waals surface area contributed by atoms with Gasteiger partial charge in [0.15, 0.2) is 0 Å². The minimum atomic E-state index is -0.871. The molecule has 0 aromatic rings. The number of amides is 1. The predicted molar refractivity (Wildman–Crippen MR) is 57.8 cm³/mol. The second kappa shape index (κ2) is 4.39. The van der Waals surface area contributed by atoms with Gasteiger partial charge in [0.25, 0.3) is 0 Å². The van der Waals surface area contributed by atoms with E-state index in [1.165, 1.54) is 4.90 Å². The van der Waals surface area contributed by atoms with Crippen molar-refractivity contribution in [3.8, 4) is 0 Å². The van der Waals surface area contributed by atoms with Crippen LogP contribution in [0.3, 0.4) is 0 Å². The van der Waals surface area contributed by atoms with Crippen molar-refractivity contribution in [1.82, 2.24) is 4.90 Å². The molecular formula is C11H21NO3. The fourth-order valence-corrected chi connectivity index (χ4v) is 2.21. The summed E-state index contributed by atoms with van der Waals surface area (Å²) in [6.07, 6.45) is 0.772. The topological polar surface area (TPSA) is 60.8 Å². The summed E-state index contributed by atoms with van der Waals surface area (Å²) >= 11 is 0. The summed E-state index contributed by atoms with van der Waals surface area (Å²) in [7, 11) is 0. The van der Waals surface area contributed by atoms with E-state index in [4.69, 9.17) is 5.11 Å². The Kier molecular flexibility index (Phi) is 3.60. The highest BCUT2D eigenvalue weighted by atomic mass is 16.4. The summed E-state index contributed by atoms with van der Waals surface area (Å²) < 4.78 is 0. The second-order valence-corrected chi connectivity index (χ2v) is 5.39. The first kappa shape index (κ1) is 12.3. The summed E-state index contributed by atoms with van der Waals surface area (Å²) in [4.78, 5) is 12.6. The Morgan fingerprint density at radius 1 is 1.40 bits per heavy atom. The molecule has 0 radical (unpaired) electrons. The zero-order valence-corrected chi connectivity index (χ0v) is 9.73. The number of aliphatic hydroxyl groups is 1. The van der Waals surface area contributed by atoms with E-state index < -0.39 is 6.09 Å². The van der Waals surface area contributed by atoms with Gasteiger partial charge in [-0.3, -0.25) is 0 Å².